The van der Waals surface area contributed by atoms with Gasteiger partial charge in [-0.2, -0.15) is 0 Å². The lowest BCUT2D eigenvalue weighted by Gasteiger charge is -2.23. The second kappa shape index (κ2) is 6.55. The van der Waals surface area contributed by atoms with Crippen LogP contribution in [-0.4, -0.2) is 12.1 Å². The van der Waals surface area contributed by atoms with Gasteiger partial charge in [-0.3, -0.25) is 0 Å². The molecule has 0 radical (unpaired) electrons. The Hall–Kier alpha value is -1.16. The van der Waals surface area contributed by atoms with Crippen LogP contribution in [-0.2, 0) is 0 Å². The van der Waals surface area contributed by atoms with Crippen LogP contribution in [0.25, 0.3) is 0 Å². The van der Waals surface area contributed by atoms with E-state index in [1.54, 1.807) is 0 Å². The summed E-state index contributed by atoms with van der Waals surface area (Å²) in [7, 11) is 0. The Morgan fingerprint density at radius 2 is 2.00 bits per heavy atom. The predicted octanol–water partition coefficient (Wildman–Crippen LogP) is 3.25. The molecule has 2 N–H and O–H groups in total. The molecule has 0 aliphatic carbocycles. The van der Waals surface area contributed by atoms with Crippen molar-refractivity contribution >= 4 is 0 Å². The number of ether oxygens (including phenoxy) is 1. The summed E-state index contributed by atoms with van der Waals surface area (Å²) < 4.78 is 31.8. The third-order valence-electron chi connectivity index (χ3n) is 2.67. The average molecular weight is 243 g/mol. The van der Waals surface area contributed by atoms with Crippen molar-refractivity contribution in [2.45, 2.75) is 45.3 Å². The maximum absolute atomic E-state index is 13.4. The highest BCUT2D eigenvalue weighted by atomic mass is 19.1. The lowest BCUT2D eigenvalue weighted by Crippen LogP contribution is -2.38. The van der Waals surface area contributed by atoms with Gasteiger partial charge in [0.15, 0.2) is 11.6 Å². The highest BCUT2D eigenvalue weighted by Gasteiger charge is 2.18. The molecule has 1 aromatic rings. The zero-order valence-corrected chi connectivity index (χ0v) is 10.2. The Morgan fingerprint density at radius 3 is 2.59 bits per heavy atom. The molecule has 1 rings (SSSR count). The molecule has 96 valence electrons. The smallest absolute Gasteiger partial charge is 0.165 e. The van der Waals surface area contributed by atoms with Gasteiger partial charge in [0.1, 0.15) is 11.9 Å². The van der Waals surface area contributed by atoms with Gasteiger partial charge in [-0.05, 0) is 25.0 Å². The first-order valence-corrected chi connectivity index (χ1v) is 5.95. The van der Waals surface area contributed by atoms with Crippen LogP contribution in [0.15, 0.2) is 18.2 Å². The monoisotopic (exact) mass is 243 g/mol. The zero-order valence-electron chi connectivity index (χ0n) is 10.2. The largest absolute Gasteiger partial charge is 0.486 e. The lowest BCUT2D eigenvalue weighted by atomic mass is 10.0. The molecule has 0 aromatic heterocycles. The van der Waals surface area contributed by atoms with Crippen LogP contribution >= 0.6 is 0 Å². The SMILES string of the molecule is CCCC(N)C(CC)Oc1cc(F)ccc1F. The van der Waals surface area contributed by atoms with Crippen molar-refractivity contribution in [1.82, 2.24) is 0 Å². The van der Waals surface area contributed by atoms with Gasteiger partial charge in [0.05, 0.1) is 0 Å². The molecule has 0 saturated carbocycles. The molecule has 0 aliphatic rings. The van der Waals surface area contributed by atoms with Gasteiger partial charge in [-0.25, -0.2) is 8.78 Å². The molecule has 0 aliphatic heterocycles. The third kappa shape index (κ3) is 3.97. The van der Waals surface area contributed by atoms with Crippen LogP contribution in [0, 0.1) is 11.6 Å². The average Bonchev–Trinajstić information content (AvgIpc) is 2.30. The van der Waals surface area contributed by atoms with Crippen LogP contribution < -0.4 is 10.5 Å². The Labute approximate surface area is 101 Å². The lowest BCUT2D eigenvalue weighted by molar-refractivity contribution is 0.154. The van der Waals surface area contributed by atoms with Gasteiger partial charge in [0, 0.05) is 12.1 Å². The molecule has 2 unspecified atom stereocenters. The fourth-order valence-electron chi connectivity index (χ4n) is 1.72. The molecule has 2 atom stereocenters. The van der Waals surface area contributed by atoms with Crippen molar-refractivity contribution in [3.8, 4) is 5.75 Å². The number of nitrogens with two attached hydrogens (primary N) is 1. The third-order valence-corrected chi connectivity index (χ3v) is 2.67. The van der Waals surface area contributed by atoms with Crippen molar-refractivity contribution in [3.63, 3.8) is 0 Å². The summed E-state index contributed by atoms with van der Waals surface area (Å²) in [6.07, 6.45) is 2.12. The molecule has 0 spiro atoms. The number of rotatable bonds is 6. The van der Waals surface area contributed by atoms with Crippen LogP contribution in [0.3, 0.4) is 0 Å². The van der Waals surface area contributed by atoms with E-state index in [2.05, 4.69) is 0 Å². The van der Waals surface area contributed by atoms with Crippen LogP contribution in [0.1, 0.15) is 33.1 Å². The van der Waals surface area contributed by atoms with E-state index in [1.807, 2.05) is 13.8 Å². The number of hydrogen-bond acceptors (Lipinski definition) is 2. The molecule has 0 heterocycles. The molecule has 0 fully saturated rings. The molecule has 17 heavy (non-hydrogen) atoms. The van der Waals surface area contributed by atoms with Gasteiger partial charge in [0.2, 0.25) is 0 Å². The van der Waals surface area contributed by atoms with E-state index < -0.39 is 11.6 Å². The fraction of sp³-hybridized carbons (Fsp3) is 0.538. The minimum Gasteiger partial charge on any atom is -0.486 e. The first kappa shape index (κ1) is 13.9. The second-order valence-corrected chi connectivity index (χ2v) is 4.09. The van der Waals surface area contributed by atoms with Gasteiger partial charge in [-0.1, -0.05) is 20.3 Å². The maximum Gasteiger partial charge on any atom is 0.165 e. The molecule has 2 nitrogen and oxygen atoms in total. The van der Waals surface area contributed by atoms with E-state index >= 15 is 0 Å². The standard InChI is InChI=1S/C13H19F2NO/c1-3-5-11(16)12(4-2)17-13-8-9(14)6-7-10(13)15/h6-8,11-12H,3-5,16H2,1-2H3. The Kier molecular flexibility index (Phi) is 5.35. The van der Waals surface area contributed by atoms with Crippen molar-refractivity contribution < 1.29 is 13.5 Å². The van der Waals surface area contributed by atoms with Gasteiger partial charge < -0.3 is 10.5 Å². The summed E-state index contributed by atoms with van der Waals surface area (Å²) in [6, 6.07) is 3.02. The molecular weight excluding hydrogens is 224 g/mol. The fourth-order valence-corrected chi connectivity index (χ4v) is 1.72. The van der Waals surface area contributed by atoms with E-state index in [4.69, 9.17) is 10.5 Å². The van der Waals surface area contributed by atoms with Crippen LogP contribution in [0.5, 0.6) is 5.75 Å². The Bertz CT molecular complexity index is 357. The van der Waals surface area contributed by atoms with E-state index in [0.29, 0.717) is 6.42 Å². The summed E-state index contributed by atoms with van der Waals surface area (Å²) in [5.41, 5.74) is 5.93. The first-order chi connectivity index (χ1) is 8.08. The van der Waals surface area contributed by atoms with Crippen LogP contribution in [0.2, 0.25) is 0 Å². The summed E-state index contributed by atoms with van der Waals surface area (Å²) in [6.45, 7) is 3.94. The van der Waals surface area contributed by atoms with Crippen molar-refractivity contribution in [2.24, 2.45) is 5.73 Å². The first-order valence-electron chi connectivity index (χ1n) is 5.95. The van der Waals surface area contributed by atoms with E-state index in [-0.39, 0.29) is 17.9 Å². The van der Waals surface area contributed by atoms with Gasteiger partial charge >= 0.3 is 0 Å². The molecule has 0 saturated heterocycles. The van der Waals surface area contributed by atoms with E-state index in [9.17, 15) is 8.78 Å². The molecule has 4 heteroatoms. The minimum absolute atomic E-state index is 0.0663. The summed E-state index contributed by atoms with van der Waals surface area (Å²) in [4.78, 5) is 0. The van der Waals surface area contributed by atoms with Crippen molar-refractivity contribution in [2.75, 3.05) is 0 Å². The van der Waals surface area contributed by atoms with E-state index in [1.165, 1.54) is 0 Å². The highest BCUT2D eigenvalue weighted by Crippen LogP contribution is 2.21. The number of hydrogen-bond donors (Lipinski definition) is 1. The molecule has 1 aromatic carbocycles. The second-order valence-electron chi connectivity index (χ2n) is 4.09. The topological polar surface area (TPSA) is 35.2 Å². The predicted molar refractivity (Wildman–Crippen MR) is 63.9 cm³/mol. The zero-order chi connectivity index (χ0) is 12.8. The minimum atomic E-state index is -0.562. The summed E-state index contributed by atoms with van der Waals surface area (Å²) in [5, 5.41) is 0. The maximum atomic E-state index is 13.4. The molecule has 0 amide bonds. The molecular formula is C13H19F2NO. The van der Waals surface area contributed by atoms with Gasteiger partial charge in [0.25, 0.3) is 0 Å². The summed E-state index contributed by atoms with van der Waals surface area (Å²) >= 11 is 0. The van der Waals surface area contributed by atoms with Crippen molar-refractivity contribution in [1.29, 1.82) is 0 Å². The number of halogens is 2. The summed E-state index contributed by atoms with van der Waals surface area (Å²) in [5.74, 6) is -1.14. The Balaban J connectivity index is 2.76. The van der Waals surface area contributed by atoms with Gasteiger partial charge in [-0.15, -0.1) is 0 Å². The normalized spacial score (nSPS) is 14.4. The van der Waals surface area contributed by atoms with Crippen LogP contribution in [0.4, 0.5) is 8.78 Å². The number of benzene rings is 1. The molecule has 0 bridgehead atoms. The quantitative estimate of drug-likeness (QED) is 0.832. The Morgan fingerprint density at radius 1 is 1.29 bits per heavy atom. The highest BCUT2D eigenvalue weighted by molar-refractivity contribution is 5.25. The van der Waals surface area contributed by atoms with E-state index in [0.717, 1.165) is 31.0 Å². The van der Waals surface area contributed by atoms with Crippen molar-refractivity contribution in [3.05, 3.63) is 29.8 Å².